The average Bonchev–Trinajstić information content (AvgIpc) is 3.25. The van der Waals surface area contributed by atoms with Gasteiger partial charge in [0.2, 0.25) is 0 Å². The van der Waals surface area contributed by atoms with Crippen LogP contribution in [-0.4, -0.2) is 32.7 Å². The number of pyridine rings is 1. The predicted octanol–water partition coefficient (Wildman–Crippen LogP) is 4.20. The predicted molar refractivity (Wildman–Crippen MR) is 122 cm³/mol. The van der Waals surface area contributed by atoms with Crippen molar-refractivity contribution >= 4 is 23.0 Å². The van der Waals surface area contributed by atoms with E-state index in [1.54, 1.807) is 0 Å². The Kier molecular flexibility index (Phi) is 5.81. The molecule has 2 unspecified atom stereocenters. The highest BCUT2D eigenvalue weighted by Crippen LogP contribution is 2.38. The monoisotopic (exact) mass is 405 g/mol. The minimum absolute atomic E-state index is 0.0405. The summed E-state index contributed by atoms with van der Waals surface area (Å²) in [6.07, 6.45) is 2.84. The lowest BCUT2D eigenvalue weighted by Gasteiger charge is -2.28. The molecule has 1 fully saturated rings. The molecular formula is C23H27N5S. The molecule has 3 heterocycles. The second-order valence-corrected chi connectivity index (χ2v) is 7.81. The summed E-state index contributed by atoms with van der Waals surface area (Å²) in [6, 6.07) is 20.9. The van der Waals surface area contributed by atoms with E-state index in [1.807, 2.05) is 36.5 Å². The molecule has 1 saturated heterocycles. The second kappa shape index (κ2) is 8.66. The van der Waals surface area contributed by atoms with Gasteiger partial charge in [0.05, 0.1) is 17.8 Å². The van der Waals surface area contributed by atoms with Crippen LogP contribution in [0.15, 0.2) is 66.9 Å². The molecule has 0 saturated carbocycles. The number of thiocarbonyl (C=S) groups is 1. The number of hydrogen-bond donors (Lipinski definition) is 2. The van der Waals surface area contributed by atoms with Crippen molar-refractivity contribution in [3.63, 3.8) is 0 Å². The Hall–Kier alpha value is -2.86. The van der Waals surface area contributed by atoms with Gasteiger partial charge < -0.3 is 20.1 Å². The van der Waals surface area contributed by atoms with Gasteiger partial charge in [0, 0.05) is 43.4 Å². The summed E-state index contributed by atoms with van der Waals surface area (Å²) < 4.78 is 2.26. The lowest BCUT2D eigenvalue weighted by molar-refractivity contribution is 0.304. The third-order valence-electron chi connectivity index (χ3n) is 5.59. The van der Waals surface area contributed by atoms with Gasteiger partial charge in [0.15, 0.2) is 5.11 Å². The van der Waals surface area contributed by atoms with Gasteiger partial charge in [-0.05, 0) is 62.0 Å². The molecule has 0 spiro atoms. The van der Waals surface area contributed by atoms with Crippen LogP contribution in [0.2, 0.25) is 0 Å². The van der Waals surface area contributed by atoms with Crippen LogP contribution in [-0.2, 0) is 7.05 Å². The van der Waals surface area contributed by atoms with E-state index < -0.39 is 0 Å². The minimum atomic E-state index is 0.0405. The zero-order valence-corrected chi connectivity index (χ0v) is 17.7. The first kappa shape index (κ1) is 19.5. The molecule has 3 aromatic rings. The fourth-order valence-electron chi connectivity index (χ4n) is 3.94. The van der Waals surface area contributed by atoms with Crippen molar-refractivity contribution < 1.29 is 0 Å². The summed E-state index contributed by atoms with van der Waals surface area (Å²) in [5.74, 6) is 0. The Bertz CT molecular complexity index is 954. The van der Waals surface area contributed by atoms with E-state index in [-0.39, 0.29) is 12.1 Å². The van der Waals surface area contributed by atoms with Crippen LogP contribution < -0.4 is 10.6 Å². The van der Waals surface area contributed by atoms with Gasteiger partial charge in [0.25, 0.3) is 0 Å². The molecule has 1 aromatic carbocycles. The van der Waals surface area contributed by atoms with Crippen molar-refractivity contribution in [2.75, 3.05) is 18.4 Å². The molecule has 6 heteroatoms. The van der Waals surface area contributed by atoms with Crippen LogP contribution in [0.4, 0.5) is 5.69 Å². The zero-order valence-electron chi connectivity index (χ0n) is 16.9. The highest BCUT2D eigenvalue weighted by atomic mass is 32.1. The Morgan fingerprint density at radius 3 is 2.55 bits per heavy atom. The van der Waals surface area contributed by atoms with Crippen molar-refractivity contribution in [1.29, 1.82) is 0 Å². The van der Waals surface area contributed by atoms with Gasteiger partial charge in [-0.2, -0.15) is 0 Å². The van der Waals surface area contributed by atoms with Crippen LogP contribution >= 0.6 is 12.2 Å². The maximum Gasteiger partial charge on any atom is 0.170 e. The van der Waals surface area contributed by atoms with Crippen molar-refractivity contribution in [1.82, 2.24) is 19.8 Å². The number of aromatic nitrogens is 2. The van der Waals surface area contributed by atoms with E-state index in [4.69, 9.17) is 12.2 Å². The summed E-state index contributed by atoms with van der Waals surface area (Å²) in [6.45, 7) is 3.91. The quantitative estimate of drug-likeness (QED) is 0.456. The molecule has 0 radical (unpaired) electrons. The number of benzene rings is 1. The van der Waals surface area contributed by atoms with E-state index in [9.17, 15) is 0 Å². The third kappa shape index (κ3) is 4.12. The number of aryl methyl sites for hydroxylation is 1. The van der Waals surface area contributed by atoms with Gasteiger partial charge in [-0.1, -0.05) is 24.3 Å². The first-order valence-corrected chi connectivity index (χ1v) is 10.4. The minimum Gasteiger partial charge on any atom is -0.385 e. The molecule has 0 bridgehead atoms. The molecule has 0 amide bonds. The topological polar surface area (TPSA) is 45.1 Å². The highest BCUT2D eigenvalue weighted by molar-refractivity contribution is 7.80. The fraction of sp³-hybridized carbons (Fsp3) is 0.304. The van der Waals surface area contributed by atoms with Crippen LogP contribution in [0.25, 0.3) is 0 Å². The van der Waals surface area contributed by atoms with Crippen molar-refractivity contribution in [2.24, 2.45) is 7.05 Å². The zero-order chi connectivity index (χ0) is 20.2. The average molecular weight is 406 g/mol. The summed E-state index contributed by atoms with van der Waals surface area (Å²) >= 11 is 5.75. The van der Waals surface area contributed by atoms with Gasteiger partial charge >= 0.3 is 0 Å². The third-order valence-corrected chi connectivity index (χ3v) is 5.94. The smallest absolute Gasteiger partial charge is 0.170 e. The standard InChI is InChI=1S/C23H27N5S/c1-17-12-13-20(27(17)2)22-21(19-11-6-7-14-25-19)26-23(29)28(22)16-8-15-24-18-9-4-3-5-10-18/h3-7,9-14,21-22,24H,8,15-16H2,1-2H3,(H,26,29). The number of nitrogens with one attached hydrogen (secondary N) is 2. The van der Waals surface area contributed by atoms with Gasteiger partial charge in [-0.3, -0.25) is 4.98 Å². The highest BCUT2D eigenvalue weighted by Gasteiger charge is 2.40. The summed E-state index contributed by atoms with van der Waals surface area (Å²) in [5, 5.41) is 7.81. The number of nitrogens with zero attached hydrogens (tertiary/aromatic N) is 3. The molecule has 4 rings (SSSR count). The summed E-state index contributed by atoms with van der Waals surface area (Å²) in [4.78, 5) is 6.92. The number of hydrogen-bond acceptors (Lipinski definition) is 3. The molecule has 2 atom stereocenters. The largest absolute Gasteiger partial charge is 0.385 e. The molecule has 5 nitrogen and oxygen atoms in total. The van der Waals surface area contributed by atoms with Crippen LogP contribution in [0.5, 0.6) is 0 Å². The van der Waals surface area contributed by atoms with Crippen molar-refractivity contribution in [3.05, 3.63) is 83.9 Å². The summed E-state index contributed by atoms with van der Waals surface area (Å²) in [5.41, 5.74) is 4.66. The lowest BCUT2D eigenvalue weighted by Crippen LogP contribution is -2.32. The molecule has 2 N–H and O–H groups in total. The van der Waals surface area contributed by atoms with Gasteiger partial charge in [-0.25, -0.2) is 0 Å². The SMILES string of the molecule is Cc1ccc(C2C(c3ccccn3)NC(=S)N2CCCNc2ccccc2)n1C. The van der Waals surface area contributed by atoms with Gasteiger partial charge in [-0.15, -0.1) is 0 Å². The molecular weight excluding hydrogens is 378 g/mol. The Balaban J connectivity index is 1.52. The fourth-order valence-corrected chi connectivity index (χ4v) is 4.27. The maximum atomic E-state index is 5.75. The lowest BCUT2D eigenvalue weighted by atomic mass is 10.0. The van der Waals surface area contributed by atoms with E-state index in [0.717, 1.165) is 36.0 Å². The molecule has 1 aliphatic heterocycles. The van der Waals surface area contributed by atoms with Crippen LogP contribution in [0.3, 0.4) is 0 Å². The first-order valence-electron chi connectivity index (χ1n) is 10.0. The number of para-hydroxylation sites is 1. The number of rotatable bonds is 7. The van der Waals surface area contributed by atoms with Crippen LogP contribution in [0.1, 0.15) is 35.6 Å². The van der Waals surface area contributed by atoms with Crippen molar-refractivity contribution in [2.45, 2.75) is 25.4 Å². The van der Waals surface area contributed by atoms with Crippen LogP contribution in [0, 0.1) is 6.92 Å². The second-order valence-electron chi connectivity index (χ2n) is 7.42. The Morgan fingerprint density at radius 1 is 1.07 bits per heavy atom. The first-order chi connectivity index (χ1) is 14.1. The maximum absolute atomic E-state index is 5.75. The van der Waals surface area contributed by atoms with E-state index in [1.165, 1.54) is 11.4 Å². The Morgan fingerprint density at radius 2 is 1.86 bits per heavy atom. The van der Waals surface area contributed by atoms with E-state index >= 15 is 0 Å². The molecule has 1 aliphatic rings. The van der Waals surface area contributed by atoms with E-state index in [0.29, 0.717) is 0 Å². The van der Waals surface area contributed by atoms with Gasteiger partial charge in [0.1, 0.15) is 0 Å². The molecule has 29 heavy (non-hydrogen) atoms. The normalized spacial score (nSPS) is 18.7. The van der Waals surface area contributed by atoms with E-state index in [2.05, 4.69) is 69.4 Å². The molecule has 2 aromatic heterocycles. The Labute approximate surface area is 177 Å². The number of anilines is 1. The van der Waals surface area contributed by atoms with Crippen molar-refractivity contribution in [3.8, 4) is 0 Å². The molecule has 150 valence electrons. The molecule has 0 aliphatic carbocycles. The summed E-state index contributed by atoms with van der Waals surface area (Å²) in [7, 11) is 2.12.